The van der Waals surface area contributed by atoms with E-state index in [9.17, 15) is 4.79 Å². The zero-order valence-electron chi connectivity index (χ0n) is 10.7. The van der Waals surface area contributed by atoms with Crippen LogP contribution in [0.2, 0.25) is 0 Å². The quantitative estimate of drug-likeness (QED) is 0.730. The normalized spacial score (nSPS) is 17.8. The number of likely N-dealkylation sites (N-methyl/N-ethyl adjacent to an activating group) is 1. The lowest BCUT2D eigenvalue weighted by molar-refractivity contribution is -0.139. The van der Waals surface area contributed by atoms with E-state index >= 15 is 0 Å². The van der Waals surface area contributed by atoms with E-state index in [-0.39, 0.29) is 5.97 Å². The number of esters is 1. The van der Waals surface area contributed by atoms with Crippen LogP contribution in [0.4, 0.5) is 0 Å². The van der Waals surface area contributed by atoms with Gasteiger partial charge in [0.1, 0.15) is 0 Å². The lowest BCUT2D eigenvalue weighted by Crippen LogP contribution is -2.37. The van der Waals surface area contributed by atoms with Crippen molar-refractivity contribution in [3.05, 3.63) is 11.3 Å². The van der Waals surface area contributed by atoms with Gasteiger partial charge in [0.2, 0.25) is 0 Å². The third-order valence-electron chi connectivity index (χ3n) is 2.52. The molecule has 0 amide bonds. The van der Waals surface area contributed by atoms with Crippen molar-refractivity contribution in [2.75, 3.05) is 26.7 Å². The molecule has 4 nitrogen and oxygen atoms in total. The number of nitrogens with zero attached hydrogens (tertiary/aromatic N) is 1. The Hall–Kier alpha value is -1.03. The molecule has 0 unspecified atom stereocenters. The van der Waals surface area contributed by atoms with E-state index in [0.717, 1.165) is 24.2 Å². The molecule has 0 saturated heterocycles. The molecule has 0 radical (unpaired) electrons. The highest BCUT2D eigenvalue weighted by atomic mass is 16.5. The smallest absolute Gasteiger partial charge is 0.337 e. The van der Waals surface area contributed by atoms with E-state index in [0.29, 0.717) is 19.2 Å². The minimum Gasteiger partial charge on any atom is -0.463 e. The van der Waals surface area contributed by atoms with Crippen LogP contribution in [0.1, 0.15) is 27.2 Å². The highest BCUT2D eigenvalue weighted by Gasteiger charge is 2.23. The van der Waals surface area contributed by atoms with Gasteiger partial charge < -0.3 is 15.0 Å². The molecule has 4 heteroatoms. The second kappa shape index (κ2) is 5.89. The van der Waals surface area contributed by atoms with E-state index < -0.39 is 0 Å². The fraction of sp³-hybridized carbons (Fsp3) is 0.750. The first-order valence-corrected chi connectivity index (χ1v) is 5.88. The van der Waals surface area contributed by atoms with Crippen molar-refractivity contribution in [1.82, 2.24) is 10.2 Å². The third kappa shape index (κ3) is 3.52. The maximum Gasteiger partial charge on any atom is 0.337 e. The first-order valence-electron chi connectivity index (χ1n) is 5.88. The molecule has 1 aliphatic rings. The molecule has 1 rings (SSSR count). The summed E-state index contributed by atoms with van der Waals surface area (Å²) < 4.78 is 5.08. The Balaban J connectivity index is 2.82. The van der Waals surface area contributed by atoms with Gasteiger partial charge in [0.25, 0.3) is 0 Å². The number of hydrogen-bond donors (Lipinski definition) is 1. The second-order valence-electron chi connectivity index (χ2n) is 4.46. The standard InChI is InChI=1S/C12H22N2O2/c1-5-16-12(15)10-8-14(4)7-6-11(10)13-9(2)3/h9,13H,5-8H2,1-4H3. The number of carbonyl (C=O) groups is 1. The molecule has 0 aromatic heterocycles. The number of hydrogen-bond acceptors (Lipinski definition) is 4. The van der Waals surface area contributed by atoms with Gasteiger partial charge in [-0.25, -0.2) is 4.79 Å². The summed E-state index contributed by atoms with van der Waals surface area (Å²) in [5, 5.41) is 3.34. The summed E-state index contributed by atoms with van der Waals surface area (Å²) in [4.78, 5) is 13.9. The van der Waals surface area contributed by atoms with E-state index in [1.54, 1.807) is 0 Å². The molecule has 0 aromatic rings. The number of nitrogens with one attached hydrogen (secondary N) is 1. The van der Waals surface area contributed by atoms with Gasteiger partial charge in [-0.2, -0.15) is 0 Å². The fourth-order valence-corrected chi connectivity index (χ4v) is 1.81. The molecular formula is C12H22N2O2. The lowest BCUT2D eigenvalue weighted by atomic mass is 10.1. The van der Waals surface area contributed by atoms with E-state index in [1.165, 1.54) is 0 Å². The largest absolute Gasteiger partial charge is 0.463 e. The second-order valence-corrected chi connectivity index (χ2v) is 4.46. The van der Waals surface area contributed by atoms with Gasteiger partial charge in [-0.15, -0.1) is 0 Å². The summed E-state index contributed by atoms with van der Waals surface area (Å²) >= 11 is 0. The van der Waals surface area contributed by atoms with Crippen LogP contribution in [-0.4, -0.2) is 43.7 Å². The maximum atomic E-state index is 11.8. The lowest BCUT2D eigenvalue weighted by Gasteiger charge is -2.28. The van der Waals surface area contributed by atoms with Crippen molar-refractivity contribution in [3.8, 4) is 0 Å². The molecule has 1 N–H and O–H groups in total. The Morgan fingerprint density at radius 3 is 2.81 bits per heavy atom. The summed E-state index contributed by atoms with van der Waals surface area (Å²) in [7, 11) is 2.02. The zero-order valence-corrected chi connectivity index (χ0v) is 10.7. The monoisotopic (exact) mass is 226 g/mol. The van der Waals surface area contributed by atoms with Crippen molar-refractivity contribution in [3.63, 3.8) is 0 Å². The van der Waals surface area contributed by atoms with Gasteiger partial charge in [0, 0.05) is 31.2 Å². The molecule has 0 atom stereocenters. The summed E-state index contributed by atoms with van der Waals surface area (Å²) in [6, 6.07) is 0.350. The average molecular weight is 226 g/mol. The van der Waals surface area contributed by atoms with Gasteiger partial charge in [-0.05, 0) is 27.8 Å². The van der Waals surface area contributed by atoms with Crippen LogP contribution in [0.3, 0.4) is 0 Å². The Morgan fingerprint density at radius 1 is 1.56 bits per heavy atom. The van der Waals surface area contributed by atoms with Crippen molar-refractivity contribution in [2.24, 2.45) is 0 Å². The predicted molar refractivity (Wildman–Crippen MR) is 64.0 cm³/mol. The van der Waals surface area contributed by atoms with Gasteiger partial charge in [-0.1, -0.05) is 0 Å². The summed E-state index contributed by atoms with van der Waals surface area (Å²) in [6.07, 6.45) is 0.892. The predicted octanol–water partition coefficient (Wildman–Crippen LogP) is 1.14. The molecule has 0 fully saturated rings. The Kier molecular flexibility index (Phi) is 4.80. The summed E-state index contributed by atoms with van der Waals surface area (Å²) in [6.45, 7) is 8.08. The average Bonchev–Trinajstić information content (AvgIpc) is 2.20. The Morgan fingerprint density at radius 2 is 2.25 bits per heavy atom. The minimum atomic E-state index is -0.183. The SMILES string of the molecule is CCOC(=O)C1=C(NC(C)C)CCN(C)C1. The van der Waals surface area contributed by atoms with Crippen molar-refractivity contribution in [2.45, 2.75) is 33.2 Å². The first-order chi connectivity index (χ1) is 7.54. The van der Waals surface area contributed by atoms with Crippen LogP contribution < -0.4 is 5.32 Å². The van der Waals surface area contributed by atoms with Crippen molar-refractivity contribution >= 4 is 5.97 Å². The van der Waals surface area contributed by atoms with Gasteiger partial charge >= 0.3 is 5.97 Å². The van der Waals surface area contributed by atoms with Gasteiger partial charge in [0.05, 0.1) is 12.2 Å². The van der Waals surface area contributed by atoms with Crippen LogP contribution in [0.5, 0.6) is 0 Å². The van der Waals surface area contributed by atoms with Crippen LogP contribution in [0.25, 0.3) is 0 Å². The molecule has 0 saturated carbocycles. The van der Waals surface area contributed by atoms with E-state index in [1.807, 2.05) is 14.0 Å². The van der Waals surface area contributed by atoms with Crippen molar-refractivity contribution in [1.29, 1.82) is 0 Å². The maximum absolute atomic E-state index is 11.8. The minimum absolute atomic E-state index is 0.183. The fourth-order valence-electron chi connectivity index (χ4n) is 1.81. The molecule has 92 valence electrons. The highest BCUT2D eigenvalue weighted by molar-refractivity contribution is 5.90. The van der Waals surface area contributed by atoms with E-state index in [2.05, 4.69) is 24.1 Å². The molecule has 0 aromatic carbocycles. The van der Waals surface area contributed by atoms with Crippen LogP contribution in [-0.2, 0) is 9.53 Å². The molecule has 0 bridgehead atoms. The number of carbonyl (C=O) groups excluding carboxylic acids is 1. The number of rotatable bonds is 4. The Bertz CT molecular complexity index is 285. The topological polar surface area (TPSA) is 41.6 Å². The van der Waals surface area contributed by atoms with E-state index in [4.69, 9.17) is 4.74 Å². The number of ether oxygens (including phenoxy) is 1. The molecule has 16 heavy (non-hydrogen) atoms. The van der Waals surface area contributed by atoms with Crippen LogP contribution in [0, 0.1) is 0 Å². The molecule has 0 aliphatic carbocycles. The third-order valence-corrected chi connectivity index (χ3v) is 2.52. The van der Waals surface area contributed by atoms with Crippen molar-refractivity contribution < 1.29 is 9.53 Å². The van der Waals surface area contributed by atoms with Gasteiger partial charge in [-0.3, -0.25) is 0 Å². The van der Waals surface area contributed by atoms with Crippen LogP contribution >= 0.6 is 0 Å². The first kappa shape index (κ1) is 13.0. The van der Waals surface area contributed by atoms with Gasteiger partial charge in [0.15, 0.2) is 0 Å². The molecule has 1 heterocycles. The molecular weight excluding hydrogens is 204 g/mol. The van der Waals surface area contributed by atoms with Crippen LogP contribution in [0.15, 0.2) is 11.3 Å². The zero-order chi connectivity index (χ0) is 12.1. The highest BCUT2D eigenvalue weighted by Crippen LogP contribution is 2.16. The molecule has 1 aliphatic heterocycles. The molecule has 0 spiro atoms. The summed E-state index contributed by atoms with van der Waals surface area (Å²) in [5.74, 6) is -0.183. The Labute approximate surface area is 97.6 Å². The summed E-state index contributed by atoms with van der Waals surface area (Å²) in [5.41, 5.74) is 1.83.